The molecule has 2 N–H and O–H groups in total. The normalized spacial score (nSPS) is 14.2. The van der Waals surface area contributed by atoms with Crippen molar-refractivity contribution in [2.24, 2.45) is 0 Å². The Balaban J connectivity index is 1.70. The minimum atomic E-state index is -0.322. The number of carbonyl (C=O) groups is 1. The zero-order valence-corrected chi connectivity index (χ0v) is 11.5. The quantitative estimate of drug-likeness (QED) is 0.898. The lowest BCUT2D eigenvalue weighted by molar-refractivity contribution is 0.102. The van der Waals surface area contributed by atoms with E-state index >= 15 is 0 Å². The van der Waals surface area contributed by atoms with Gasteiger partial charge in [0.25, 0.3) is 5.91 Å². The van der Waals surface area contributed by atoms with Crippen molar-refractivity contribution < 1.29 is 4.79 Å². The molecule has 1 amide bonds. The van der Waals surface area contributed by atoms with E-state index < -0.39 is 0 Å². The number of amides is 1. The van der Waals surface area contributed by atoms with Crippen LogP contribution in [0.15, 0.2) is 41.5 Å². The number of rotatable bonds is 3. The number of nitrogens with one attached hydrogen (secondary N) is 2. The molecule has 0 unspecified atom stereocenters. The van der Waals surface area contributed by atoms with E-state index in [2.05, 4.69) is 20.2 Å². The molecule has 108 valence electrons. The zero-order chi connectivity index (χ0) is 14.7. The van der Waals surface area contributed by atoms with Gasteiger partial charge in [0.1, 0.15) is 5.82 Å². The van der Waals surface area contributed by atoms with Crippen LogP contribution in [-0.2, 0) is 0 Å². The Morgan fingerprint density at radius 1 is 1.24 bits per heavy atom. The summed E-state index contributed by atoms with van der Waals surface area (Å²) in [6.45, 7) is 2.07. The molecule has 0 atom stereocenters. The first-order valence-corrected chi connectivity index (χ1v) is 6.93. The molecule has 1 aliphatic heterocycles. The number of hydrogen-bond donors (Lipinski definition) is 2. The van der Waals surface area contributed by atoms with Gasteiger partial charge >= 0.3 is 0 Å². The average molecular weight is 284 g/mol. The number of carbonyl (C=O) groups excluding carboxylic acids is 1. The minimum absolute atomic E-state index is 0.301. The lowest BCUT2D eigenvalue weighted by atomic mass is 10.2. The van der Waals surface area contributed by atoms with Crippen molar-refractivity contribution >= 4 is 17.4 Å². The Labute approximate surface area is 121 Å². The Kier molecular flexibility index (Phi) is 3.68. The van der Waals surface area contributed by atoms with Gasteiger partial charge in [-0.3, -0.25) is 9.59 Å². The highest BCUT2D eigenvalue weighted by Crippen LogP contribution is 2.19. The number of pyridine rings is 2. The summed E-state index contributed by atoms with van der Waals surface area (Å²) in [5.74, 6) is 0.610. The summed E-state index contributed by atoms with van der Waals surface area (Å²) in [4.78, 5) is 32.3. The third kappa shape index (κ3) is 3.10. The van der Waals surface area contributed by atoms with Crippen LogP contribution in [-0.4, -0.2) is 29.0 Å². The summed E-state index contributed by atoms with van der Waals surface area (Å²) >= 11 is 0. The maximum absolute atomic E-state index is 12.0. The number of H-pyrrole nitrogens is 1. The van der Waals surface area contributed by atoms with Crippen molar-refractivity contribution in [3.05, 3.63) is 52.6 Å². The molecule has 6 heteroatoms. The number of aromatic nitrogens is 2. The second-order valence-corrected chi connectivity index (χ2v) is 4.99. The largest absolute Gasteiger partial charge is 0.357 e. The van der Waals surface area contributed by atoms with Gasteiger partial charge in [-0.15, -0.1) is 0 Å². The number of hydrogen-bond acceptors (Lipinski definition) is 4. The van der Waals surface area contributed by atoms with Gasteiger partial charge in [-0.05, 0) is 31.0 Å². The molecule has 2 aromatic heterocycles. The number of nitrogens with zero attached hydrogens (tertiary/aromatic N) is 2. The smallest absolute Gasteiger partial charge is 0.255 e. The van der Waals surface area contributed by atoms with Crippen molar-refractivity contribution in [1.82, 2.24) is 9.97 Å². The fourth-order valence-electron chi connectivity index (χ4n) is 2.38. The van der Waals surface area contributed by atoms with Crippen LogP contribution in [0.3, 0.4) is 0 Å². The summed E-state index contributed by atoms with van der Waals surface area (Å²) in [5.41, 5.74) is 0.635. The van der Waals surface area contributed by atoms with Crippen LogP contribution in [0.25, 0.3) is 0 Å². The molecule has 1 saturated heterocycles. The number of anilines is 2. The summed E-state index contributed by atoms with van der Waals surface area (Å²) in [6, 6.07) is 6.55. The molecule has 1 fully saturated rings. The first kappa shape index (κ1) is 13.4. The van der Waals surface area contributed by atoms with Crippen molar-refractivity contribution in [2.75, 3.05) is 23.3 Å². The van der Waals surface area contributed by atoms with E-state index in [1.165, 1.54) is 25.1 Å². The molecule has 0 aromatic carbocycles. The summed E-state index contributed by atoms with van der Waals surface area (Å²) in [5, 5.41) is 2.73. The molecule has 1 aliphatic rings. The van der Waals surface area contributed by atoms with E-state index in [1.807, 2.05) is 12.1 Å². The van der Waals surface area contributed by atoms with E-state index in [0.29, 0.717) is 11.3 Å². The van der Waals surface area contributed by atoms with E-state index in [-0.39, 0.29) is 11.5 Å². The first-order chi connectivity index (χ1) is 10.2. The highest BCUT2D eigenvalue weighted by Gasteiger charge is 2.13. The SMILES string of the molecule is O=C(Nc1ccc(N2CCCC2)nc1)c1cc[nH]c(=O)c1. The van der Waals surface area contributed by atoms with Crippen molar-refractivity contribution in [1.29, 1.82) is 0 Å². The van der Waals surface area contributed by atoms with Gasteiger partial charge in [0, 0.05) is 30.9 Å². The summed E-state index contributed by atoms with van der Waals surface area (Å²) < 4.78 is 0. The molecule has 0 bridgehead atoms. The van der Waals surface area contributed by atoms with Gasteiger partial charge in [0.05, 0.1) is 11.9 Å². The lowest BCUT2D eigenvalue weighted by Gasteiger charge is -2.16. The molecule has 3 rings (SSSR count). The third-order valence-electron chi connectivity index (χ3n) is 3.47. The van der Waals surface area contributed by atoms with Crippen LogP contribution in [0.2, 0.25) is 0 Å². The van der Waals surface area contributed by atoms with Crippen LogP contribution in [0.1, 0.15) is 23.2 Å². The molecule has 6 nitrogen and oxygen atoms in total. The van der Waals surface area contributed by atoms with Gasteiger partial charge in [-0.1, -0.05) is 0 Å². The second kappa shape index (κ2) is 5.78. The van der Waals surface area contributed by atoms with Gasteiger partial charge in [-0.2, -0.15) is 0 Å². The monoisotopic (exact) mass is 284 g/mol. The first-order valence-electron chi connectivity index (χ1n) is 6.93. The second-order valence-electron chi connectivity index (χ2n) is 4.99. The summed E-state index contributed by atoms with van der Waals surface area (Å²) in [7, 11) is 0. The minimum Gasteiger partial charge on any atom is -0.357 e. The van der Waals surface area contributed by atoms with Crippen molar-refractivity contribution in [3.63, 3.8) is 0 Å². The predicted octanol–water partition coefficient (Wildman–Crippen LogP) is 1.62. The van der Waals surface area contributed by atoms with Crippen molar-refractivity contribution in [3.8, 4) is 0 Å². The van der Waals surface area contributed by atoms with E-state index in [1.54, 1.807) is 12.3 Å². The van der Waals surface area contributed by atoms with Gasteiger partial charge < -0.3 is 15.2 Å². The average Bonchev–Trinajstić information content (AvgIpc) is 3.02. The standard InChI is InChI=1S/C15H16N4O2/c20-14-9-11(5-6-16-14)15(21)18-12-3-4-13(17-10-12)19-7-1-2-8-19/h3-6,9-10H,1-2,7-8H2,(H,16,20)(H,18,21). The molecule has 0 radical (unpaired) electrons. The predicted molar refractivity (Wildman–Crippen MR) is 80.7 cm³/mol. The fourth-order valence-corrected chi connectivity index (χ4v) is 2.38. The molecule has 3 heterocycles. The summed E-state index contributed by atoms with van der Waals surface area (Å²) in [6.07, 6.45) is 5.48. The van der Waals surface area contributed by atoms with Crippen LogP contribution in [0, 0.1) is 0 Å². The Bertz CT molecular complexity index is 687. The Morgan fingerprint density at radius 3 is 2.71 bits per heavy atom. The molecule has 0 spiro atoms. The van der Waals surface area contributed by atoms with Gasteiger partial charge in [0.15, 0.2) is 0 Å². The lowest BCUT2D eigenvalue weighted by Crippen LogP contribution is -2.19. The van der Waals surface area contributed by atoms with Gasteiger partial charge in [0.2, 0.25) is 5.56 Å². The zero-order valence-electron chi connectivity index (χ0n) is 11.5. The maximum atomic E-state index is 12.0. The fraction of sp³-hybridized carbons (Fsp3) is 0.267. The van der Waals surface area contributed by atoms with Crippen molar-refractivity contribution in [2.45, 2.75) is 12.8 Å². The van der Waals surface area contributed by atoms with E-state index in [0.717, 1.165) is 18.9 Å². The van der Waals surface area contributed by atoms with E-state index in [9.17, 15) is 9.59 Å². The highest BCUT2D eigenvalue weighted by molar-refractivity contribution is 6.04. The van der Waals surface area contributed by atoms with Crippen LogP contribution < -0.4 is 15.8 Å². The molecule has 21 heavy (non-hydrogen) atoms. The van der Waals surface area contributed by atoms with Gasteiger partial charge in [-0.25, -0.2) is 4.98 Å². The van der Waals surface area contributed by atoms with Crippen LogP contribution in [0.5, 0.6) is 0 Å². The Hall–Kier alpha value is -2.63. The highest BCUT2D eigenvalue weighted by atomic mass is 16.2. The molecular weight excluding hydrogens is 268 g/mol. The third-order valence-corrected chi connectivity index (χ3v) is 3.47. The van der Waals surface area contributed by atoms with E-state index in [4.69, 9.17) is 0 Å². The Morgan fingerprint density at radius 2 is 2.05 bits per heavy atom. The van der Waals surface area contributed by atoms with Crippen LogP contribution >= 0.6 is 0 Å². The number of aromatic amines is 1. The molecule has 0 saturated carbocycles. The van der Waals surface area contributed by atoms with Crippen LogP contribution in [0.4, 0.5) is 11.5 Å². The maximum Gasteiger partial charge on any atom is 0.255 e. The molecule has 0 aliphatic carbocycles. The molecule has 2 aromatic rings. The topological polar surface area (TPSA) is 78.1 Å². The molecular formula is C15H16N4O2.